The number of nitrogens with zero attached hydrogens (tertiary/aromatic N) is 5. The predicted molar refractivity (Wildman–Crippen MR) is 119 cm³/mol. The molecule has 0 amide bonds. The van der Waals surface area contributed by atoms with Gasteiger partial charge in [0, 0.05) is 22.3 Å². The van der Waals surface area contributed by atoms with Crippen LogP contribution in [0.5, 0.6) is 0 Å². The maximum atomic E-state index is 13.0. The number of benzene rings is 1. The second kappa shape index (κ2) is 8.13. The zero-order valence-electron chi connectivity index (χ0n) is 16.6. The van der Waals surface area contributed by atoms with E-state index in [2.05, 4.69) is 15.2 Å². The summed E-state index contributed by atoms with van der Waals surface area (Å²) in [6, 6.07) is 11.3. The lowest BCUT2D eigenvalue weighted by atomic mass is 9.99. The number of fused-ring (bicyclic) bond motifs is 1. The summed E-state index contributed by atoms with van der Waals surface area (Å²) in [6.45, 7) is -0.0489. The number of halogens is 4. The van der Waals surface area contributed by atoms with E-state index in [9.17, 15) is 18.0 Å². The minimum absolute atomic E-state index is 0.0489. The fourth-order valence-corrected chi connectivity index (χ4v) is 4.23. The van der Waals surface area contributed by atoms with Gasteiger partial charge in [0.25, 0.3) is 0 Å². The molecular formula is C22H13ClF3N5OS. The van der Waals surface area contributed by atoms with Crippen LogP contribution in [0.25, 0.3) is 27.9 Å². The molecule has 5 aromatic rings. The third-order valence-electron chi connectivity index (χ3n) is 5.03. The minimum atomic E-state index is -4.53. The van der Waals surface area contributed by atoms with E-state index in [-0.39, 0.29) is 6.54 Å². The van der Waals surface area contributed by atoms with Crippen molar-refractivity contribution in [2.45, 2.75) is 12.7 Å². The van der Waals surface area contributed by atoms with E-state index in [0.717, 1.165) is 39.2 Å². The topological polar surface area (TPSA) is 65.1 Å². The number of thiophene rings is 1. The molecule has 0 saturated heterocycles. The van der Waals surface area contributed by atoms with Crippen LogP contribution in [-0.2, 0) is 12.7 Å². The van der Waals surface area contributed by atoms with E-state index in [0.29, 0.717) is 16.2 Å². The number of rotatable bonds is 4. The molecule has 0 bridgehead atoms. The number of hydrogen-bond donors (Lipinski definition) is 0. The van der Waals surface area contributed by atoms with Gasteiger partial charge < -0.3 is 0 Å². The molecular weight excluding hydrogens is 475 g/mol. The molecule has 33 heavy (non-hydrogen) atoms. The highest BCUT2D eigenvalue weighted by atomic mass is 35.5. The molecule has 0 aliphatic rings. The number of alkyl halides is 3. The summed E-state index contributed by atoms with van der Waals surface area (Å²) in [4.78, 5) is 16.4. The van der Waals surface area contributed by atoms with Gasteiger partial charge in [-0.2, -0.15) is 34.1 Å². The van der Waals surface area contributed by atoms with Crippen LogP contribution in [0.1, 0.15) is 11.3 Å². The summed E-state index contributed by atoms with van der Waals surface area (Å²) in [7, 11) is 0. The summed E-state index contributed by atoms with van der Waals surface area (Å²) in [5.74, 6) is 0. The van der Waals surface area contributed by atoms with Crippen LogP contribution in [-0.4, -0.2) is 24.4 Å². The Kier molecular flexibility index (Phi) is 5.26. The summed E-state index contributed by atoms with van der Waals surface area (Å²) >= 11 is 7.53. The highest BCUT2D eigenvalue weighted by Gasteiger charge is 2.32. The van der Waals surface area contributed by atoms with Crippen molar-refractivity contribution < 1.29 is 13.2 Å². The van der Waals surface area contributed by atoms with Crippen LogP contribution >= 0.6 is 22.9 Å². The quantitative estimate of drug-likeness (QED) is 0.340. The van der Waals surface area contributed by atoms with Crippen molar-refractivity contribution in [2.75, 3.05) is 0 Å². The molecule has 0 aliphatic heterocycles. The molecule has 0 saturated carbocycles. The number of pyridine rings is 1. The molecule has 4 heterocycles. The van der Waals surface area contributed by atoms with Crippen LogP contribution in [0.4, 0.5) is 13.2 Å². The number of hydrogen-bond acceptors (Lipinski definition) is 5. The Morgan fingerprint density at radius 3 is 2.42 bits per heavy atom. The van der Waals surface area contributed by atoms with Crippen molar-refractivity contribution in [3.63, 3.8) is 0 Å². The van der Waals surface area contributed by atoms with Crippen LogP contribution in [0.3, 0.4) is 0 Å². The fourth-order valence-electron chi connectivity index (χ4n) is 3.46. The fraction of sp³-hybridized carbons (Fsp3) is 0.0909. The normalized spacial score (nSPS) is 11.9. The highest BCUT2D eigenvalue weighted by Crippen LogP contribution is 2.35. The molecule has 0 spiro atoms. The van der Waals surface area contributed by atoms with Crippen LogP contribution in [0, 0.1) is 0 Å². The molecule has 166 valence electrons. The van der Waals surface area contributed by atoms with Gasteiger partial charge in [-0.1, -0.05) is 29.8 Å². The van der Waals surface area contributed by atoms with Crippen LogP contribution in [0.15, 0.2) is 70.4 Å². The first kappa shape index (κ1) is 21.4. The van der Waals surface area contributed by atoms with Gasteiger partial charge in [-0.05, 0) is 51.7 Å². The maximum absolute atomic E-state index is 13.0. The minimum Gasteiger partial charge on any atom is -0.251 e. The molecule has 0 atom stereocenters. The van der Waals surface area contributed by atoms with E-state index in [1.165, 1.54) is 21.9 Å². The first-order valence-electron chi connectivity index (χ1n) is 9.61. The third kappa shape index (κ3) is 4.03. The van der Waals surface area contributed by atoms with Crippen molar-refractivity contribution in [1.82, 2.24) is 24.4 Å². The molecule has 0 radical (unpaired) electrons. The molecule has 0 unspecified atom stereocenters. The Hall–Kier alpha value is -3.50. The van der Waals surface area contributed by atoms with Crippen LogP contribution in [0.2, 0.25) is 5.02 Å². The highest BCUT2D eigenvalue weighted by molar-refractivity contribution is 7.08. The Morgan fingerprint density at radius 2 is 1.79 bits per heavy atom. The molecule has 1 aromatic carbocycles. The predicted octanol–water partition coefficient (Wildman–Crippen LogP) is 5.40. The second-order valence-corrected chi connectivity index (χ2v) is 8.39. The molecule has 0 fully saturated rings. The van der Waals surface area contributed by atoms with Crippen molar-refractivity contribution in [3.05, 3.63) is 92.4 Å². The Balaban J connectivity index is 1.63. The van der Waals surface area contributed by atoms with Gasteiger partial charge in [0.05, 0.1) is 12.7 Å². The lowest BCUT2D eigenvalue weighted by molar-refractivity contribution is -0.141. The Labute approximate surface area is 193 Å². The lowest BCUT2D eigenvalue weighted by Crippen LogP contribution is -2.23. The first-order chi connectivity index (χ1) is 15.8. The van der Waals surface area contributed by atoms with Gasteiger partial charge >= 0.3 is 11.9 Å². The Morgan fingerprint density at radius 1 is 1.00 bits per heavy atom. The zero-order valence-corrected chi connectivity index (χ0v) is 18.2. The SMILES string of the molecule is O=c1n(Cc2ccc(C(F)(F)F)nc2)nc2c(-c3ccsc3)c(-c3ccc(Cl)cc3)cnn12. The summed E-state index contributed by atoms with van der Waals surface area (Å²) in [5, 5.41) is 13.2. The van der Waals surface area contributed by atoms with Gasteiger partial charge in [-0.25, -0.2) is 9.48 Å². The molecule has 5 rings (SSSR count). The lowest BCUT2D eigenvalue weighted by Gasteiger charge is -2.09. The van der Waals surface area contributed by atoms with Gasteiger partial charge in [0.15, 0.2) is 5.65 Å². The zero-order chi connectivity index (χ0) is 23.2. The molecule has 0 aliphatic carbocycles. The molecule has 0 N–H and O–H groups in total. The van der Waals surface area contributed by atoms with E-state index >= 15 is 0 Å². The van der Waals surface area contributed by atoms with E-state index < -0.39 is 17.6 Å². The van der Waals surface area contributed by atoms with Gasteiger partial charge in [0.1, 0.15) is 5.69 Å². The van der Waals surface area contributed by atoms with Gasteiger partial charge in [-0.3, -0.25) is 4.98 Å². The molecule has 6 nitrogen and oxygen atoms in total. The second-order valence-electron chi connectivity index (χ2n) is 7.18. The van der Waals surface area contributed by atoms with Crippen LogP contribution < -0.4 is 5.69 Å². The molecule has 11 heteroatoms. The third-order valence-corrected chi connectivity index (χ3v) is 5.96. The average Bonchev–Trinajstić information content (AvgIpc) is 3.42. The van der Waals surface area contributed by atoms with E-state index in [4.69, 9.17) is 11.6 Å². The summed E-state index contributed by atoms with van der Waals surface area (Å²) in [5.41, 5.74) is 2.44. The molecule has 4 aromatic heterocycles. The maximum Gasteiger partial charge on any atom is 0.433 e. The first-order valence-corrected chi connectivity index (χ1v) is 10.9. The van der Waals surface area contributed by atoms with Crippen molar-refractivity contribution >= 4 is 28.6 Å². The van der Waals surface area contributed by atoms with E-state index in [1.54, 1.807) is 18.3 Å². The number of aromatic nitrogens is 5. The van der Waals surface area contributed by atoms with Crippen molar-refractivity contribution in [2.24, 2.45) is 0 Å². The monoisotopic (exact) mass is 487 g/mol. The van der Waals surface area contributed by atoms with Crippen molar-refractivity contribution in [1.29, 1.82) is 0 Å². The average molecular weight is 488 g/mol. The smallest absolute Gasteiger partial charge is 0.251 e. The van der Waals surface area contributed by atoms with Gasteiger partial charge in [-0.15, -0.1) is 5.10 Å². The summed E-state index contributed by atoms with van der Waals surface area (Å²) < 4.78 is 40.7. The van der Waals surface area contributed by atoms with Crippen molar-refractivity contribution in [3.8, 4) is 22.3 Å². The largest absolute Gasteiger partial charge is 0.433 e. The van der Waals surface area contributed by atoms with E-state index in [1.807, 2.05) is 29.0 Å². The Bertz CT molecular complexity index is 1490. The standard InChI is InChI=1S/C22H13ClF3N5OS/c23-16-4-2-14(3-5-16)17-10-28-31-20(19(17)15-7-8-33-12-15)29-30(21(31)32)11-13-1-6-18(27-9-13)22(24,25)26/h1-10,12H,11H2. The van der Waals surface area contributed by atoms with Gasteiger partial charge in [0.2, 0.25) is 0 Å². The summed E-state index contributed by atoms with van der Waals surface area (Å²) in [6.07, 6.45) is -1.85.